The molecule has 1 saturated carbocycles. The maximum Gasteiger partial charge on any atom is 0.271 e. The molecule has 3 N–H and O–H groups in total. The molecule has 0 bridgehead atoms. The minimum absolute atomic E-state index is 0.0978. The largest absolute Gasteiger partial charge is 0.396 e. The van der Waals surface area contributed by atoms with Gasteiger partial charge in [0.2, 0.25) is 0 Å². The molecule has 100 valence electrons. The Bertz CT molecular complexity index is 423. The first-order valence-corrected chi connectivity index (χ1v) is 6.77. The maximum atomic E-state index is 12.2. The highest BCUT2D eigenvalue weighted by molar-refractivity contribution is 5.97. The zero-order valence-electron chi connectivity index (χ0n) is 11.1. The molecule has 0 aliphatic heterocycles. The van der Waals surface area contributed by atoms with Crippen LogP contribution in [0.4, 0.5) is 5.69 Å². The Morgan fingerprint density at radius 1 is 1.61 bits per heavy atom. The van der Waals surface area contributed by atoms with Crippen LogP contribution in [0.25, 0.3) is 0 Å². The summed E-state index contributed by atoms with van der Waals surface area (Å²) in [5.41, 5.74) is 6.75. The van der Waals surface area contributed by atoms with E-state index in [0.717, 1.165) is 18.8 Å². The van der Waals surface area contributed by atoms with Gasteiger partial charge >= 0.3 is 0 Å². The van der Waals surface area contributed by atoms with Gasteiger partial charge in [-0.15, -0.1) is 0 Å². The number of nitrogens with zero attached hydrogens (tertiary/aromatic N) is 2. The van der Waals surface area contributed by atoms with Gasteiger partial charge in [0, 0.05) is 12.6 Å². The third-order valence-corrected chi connectivity index (χ3v) is 3.53. The highest BCUT2D eigenvalue weighted by atomic mass is 16.2. The lowest BCUT2D eigenvalue weighted by atomic mass is 10.1. The van der Waals surface area contributed by atoms with E-state index < -0.39 is 0 Å². The van der Waals surface area contributed by atoms with Gasteiger partial charge < -0.3 is 11.1 Å². The van der Waals surface area contributed by atoms with Crippen LogP contribution in [0, 0.1) is 5.92 Å². The summed E-state index contributed by atoms with van der Waals surface area (Å²) in [5, 5.41) is 7.17. The van der Waals surface area contributed by atoms with E-state index in [0.29, 0.717) is 17.9 Å². The predicted octanol–water partition coefficient (Wildman–Crippen LogP) is 1.79. The van der Waals surface area contributed by atoms with Crippen molar-refractivity contribution < 1.29 is 4.79 Å². The Morgan fingerprint density at radius 3 is 2.89 bits per heavy atom. The quantitative estimate of drug-likeness (QED) is 0.808. The number of aromatic nitrogens is 2. The second-order valence-electron chi connectivity index (χ2n) is 5.02. The van der Waals surface area contributed by atoms with Crippen molar-refractivity contribution >= 4 is 11.6 Å². The van der Waals surface area contributed by atoms with Crippen molar-refractivity contribution in [2.45, 2.75) is 52.1 Å². The molecule has 1 aliphatic carbocycles. The van der Waals surface area contributed by atoms with Crippen LogP contribution in [0.2, 0.25) is 0 Å². The standard InChI is InChI=1S/C13H22N4O/c1-3-10(7-9-5-6-9)16-13(18)12-11(14)8-15-17(12)4-2/h8-10H,3-7,14H2,1-2H3,(H,16,18). The van der Waals surface area contributed by atoms with Gasteiger partial charge in [0.15, 0.2) is 0 Å². The summed E-state index contributed by atoms with van der Waals surface area (Å²) in [4.78, 5) is 12.2. The van der Waals surface area contributed by atoms with Crippen molar-refractivity contribution in [2.75, 3.05) is 5.73 Å². The molecule has 5 nitrogen and oxygen atoms in total. The summed E-state index contributed by atoms with van der Waals surface area (Å²) in [6, 6.07) is 0.254. The number of aryl methyl sites for hydroxylation is 1. The number of amides is 1. The molecule has 18 heavy (non-hydrogen) atoms. The summed E-state index contributed by atoms with van der Waals surface area (Å²) in [7, 11) is 0. The van der Waals surface area contributed by atoms with Crippen LogP contribution < -0.4 is 11.1 Å². The fourth-order valence-electron chi connectivity index (χ4n) is 2.23. The average molecular weight is 250 g/mol. The van der Waals surface area contributed by atoms with Crippen LogP contribution in [0.15, 0.2) is 6.20 Å². The van der Waals surface area contributed by atoms with Gasteiger partial charge in [-0.05, 0) is 25.7 Å². The van der Waals surface area contributed by atoms with E-state index in [4.69, 9.17) is 5.73 Å². The van der Waals surface area contributed by atoms with Crippen molar-refractivity contribution in [1.82, 2.24) is 15.1 Å². The molecule has 1 atom stereocenters. The smallest absolute Gasteiger partial charge is 0.271 e. The average Bonchev–Trinajstić information content (AvgIpc) is 3.09. The molecule has 2 rings (SSSR count). The van der Waals surface area contributed by atoms with E-state index >= 15 is 0 Å². The molecule has 0 radical (unpaired) electrons. The van der Waals surface area contributed by atoms with Crippen molar-refractivity contribution in [1.29, 1.82) is 0 Å². The number of carbonyl (C=O) groups is 1. The monoisotopic (exact) mass is 250 g/mol. The minimum Gasteiger partial charge on any atom is -0.396 e. The van der Waals surface area contributed by atoms with E-state index in [9.17, 15) is 4.79 Å². The topological polar surface area (TPSA) is 72.9 Å². The molecule has 1 aromatic heterocycles. The Kier molecular flexibility index (Phi) is 3.89. The van der Waals surface area contributed by atoms with Crippen molar-refractivity contribution in [3.8, 4) is 0 Å². The summed E-state index contributed by atoms with van der Waals surface area (Å²) in [5.74, 6) is 0.711. The first-order valence-electron chi connectivity index (χ1n) is 6.77. The molecule has 0 aromatic carbocycles. The fourth-order valence-corrected chi connectivity index (χ4v) is 2.23. The van der Waals surface area contributed by atoms with Crippen LogP contribution >= 0.6 is 0 Å². The number of rotatable bonds is 6. The van der Waals surface area contributed by atoms with E-state index in [2.05, 4.69) is 17.3 Å². The summed E-state index contributed by atoms with van der Waals surface area (Å²) in [6.45, 7) is 4.71. The Balaban J connectivity index is 2.02. The normalized spacial score (nSPS) is 16.6. The third kappa shape index (κ3) is 2.83. The van der Waals surface area contributed by atoms with Gasteiger partial charge in [-0.3, -0.25) is 9.48 Å². The van der Waals surface area contributed by atoms with Gasteiger partial charge in [0.25, 0.3) is 5.91 Å². The lowest BCUT2D eigenvalue weighted by Crippen LogP contribution is -2.36. The van der Waals surface area contributed by atoms with E-state index in [1.807, 2.05) is 6.92 Å². The number of nitrogens with two attached hydrogens (primary N) is 1. The van der Waals surface area contributed by atoms with Gasteiger partial charge in [-0.1, -0.05) is 19.8 Å². The van der Waals surface area contributed by atoms with Crippen LogP contribution in [-0.4, -0.2) is 21.7 Å². The van der Waals surface area contributed by atoms with Gasteiger partial charge in [0.1, 0.15) is 5.69 Å². The molecule has 1 fully saturated rings. The molecular weight excluding hydrogens is 228 g/mol. The van der Waals surface area contributed by atoms with Crippen LogP contribution in [-0.2, 0) is 6.54 Å². The highest BCUT2D eigenvalue weighted by Crippen LogP contribution is 2.34. The number of hydrogen-bond donors (Lipinski definition) is 2. The predicted molar refractivity (Wildman–Crippen MR) is 71.2 cm³/mol. The zero-order chi connectivity index (χ0) is 13.1. The van der Waals surface area contributed by atoms with Crippen LogP contribution in [0.5, 0.6) is 0 Å². The SMILES string of the molecule is CCC(CC1CC1)NC(=O)c1c(N)cnn1CC. The highest BCUT2D eigenvalue weighted by Gasteiger charge is 2.26. The van der Waals surface area contributed by atoms with E-state index in [1.54, 1.807) is 10.9 Å². The van der Waals surface area contributed by atoms with Crippen LogP contribution in [0.3, 0.4) is 0 Å². The first kappa shape index (κ1) is 12.9. The second kappa shape index (κ2) is 5.42. The van der Waals surface area contributed by atoms with Gasteiger partial charge in [0.05, 0.1) is 11.9 Å². The number of carbonyl (C=O) groups excluding carboxylic acids is 1. The molecule has 1 amide bonds. The summed E-state index contributed by atoms with van der Waals surface area (Å²) >= 11 is 0. The van der Waals surface area contributed by atoms with Crippen molar-refractivity contribution in [2.24, 2.45) is 5.92 Å². The second-order valence-corrected chi connectivity index (χ2v) is 5.02. The molecule has 0 spiro atoms. The number of hydrogen-bond acceptors (Lipinski definition) is 3. The summed E-state index contributed by atoms with van der Waals surface area (Å²) < 4.78 is 1.65. The van der Waals surface area contributed by atoms with E-state index in [1.165, 1.54) is 12.8 Å². The number of anilines is 1. The van der Waals surface area contributed by atoms with Gasteiger partial charge in [-0.2, -0.15) is 5.10 Å². The van der Waals surface area contributed by atoms with Crippen molar-refractivity contribution in [3.63, 3.8) is 0 Å². The van der Waals surface area contributed by atoms with Gasteiger partial charge in [-0.25, -0.2) is 0 Å². The minimum atomic E-state index is -0.0978. The maximum absolute atomic E-state index is 12.2. The lowest BCUT2D eigenvalue weighted by Gasteiger charge is -2.17. The molecule has 1 unspecified atom stereocenters. The Labute approximate surface area is 108 Å². The molecular formula is C13H22N4O. The molecule has 1 aliphatic rings. The molecule has 5 heteroatoms. The zero-order valence-corrected chi connectivity index (χ0v) is 11.1. The van der Waals surface area contributed by atoms with Crippen LogP contribution in [0.1, 0.15) is 50.0 Å². The van der Waals surface area contributed by atoms with Crippen molar-refractivity contribution in [3.05, 3.63) is 11.9 Å². The first-order chi connectivity index (χ1) is 8.65. The molecule has 1 heterocycles. The fraction of sp³-hybridized carbons (Fsp3) is 0.692. The third-order valence-electron chi connectivity index (χ3n) is 3.53. The Hall–Kier alpha value is -1.52. The van der Waals surface area contributed by atoms with E-state index in [-0.39, 0.29) is 11.9 Å². The molecule has 1 aromatic rings. The number of nitrogens with one attached hydrogen (secondary N) is 1. The molecule has 0 saturated heterocycles. The summed E-state index contributed by atoms with van der Waals surface area (Å²) in [6.07, 6.45) is 6.20. The lowest BCUT2D eigenvalue weighted by molar-refractivity contribution is 0.0923. The number of nitrogen functional groups attached to an aromatic ring is 1. The Morgan fingerprint density at radius 2 is 2.33 bits per heavy atom.